The quantitative estimate of drug-likeness (QED) is 0.178. The molecule has 0 aliphatic carbocycles. The Morgan fingerprint density at radius 3 is 1.71 bits per heavy atom. The number of hydrogen-bond donors (Lipinski definition) is 0. The van der Waals surface area contributed by atoms with Gasteiger partial charge in [0.25, 0.3) is 0 Å². The van der Waals surface area contributed by atoms with Crippen LogP contribution in [0.25, 0.3) is 116 Å². The third-order valence-electron chi connectivity index (χ3n) is 12.7. The van der Waals surface area contributed by atoms with Gasteiger partial charge in [0.2, 0.25) is 0 Å². The van der Waals surface area contributed by atoms with Crippen LogP contribution in [-0.2, 0) is 0 Å². The fourth-order valence-corrected chi connectivity index (χ4v) is 10.1. The van der Waals surface area contributed by atoms with Crippen LogP contribution in [0.5, 0.6) is 0 Å². The first-order valence-electron chi connectivity index (χ1n) is 20.6. The summed E-state index contributed by atoms with van der Waals surface area (Å²) >= 11 is 0. The van der Waals surface area contributed by atoms with Crippen molar-refractivity contribution in [1.29, 1.82) is 10.5 Å². The van der Waals surface area contributed by atoms with Crippen molar-refractivity contribution in [2.45, 2.75) is 0 Å². The first kappa shape index (κ1) is 34.1. The summed E-state index contributed by atoms with van der Waals surface area (Å²) in [6.45, 7) is 0. The van der Waals surface area contributed by atoms with Gasteiger partial charge < -0.3 is 18.1 Å². The summed E-state index contributed by atoms with van der Waals surface area (Å²) < 4.78 is 13.4. The van der Waals surface area contributed by atoms with E-state index in [0.717, 1.165) is 93.4 Å². The van der Waals surface area contributed by atoms with Crippen LogP contribution in [0.2, 0.25) is 0 Å². The van der Waals surface area contributed by atoms with Crippen molar-refractivity contribution in [2.75, 3.05) is 0 Å². The molecule has 0 saturated carbocycles. The predicted octanol–water partition coefficient (Wildman–Crippen LogP) is 14.3. The molecule has 6 nitrogen and oxygen atoms in total. The first-order valence-corrected chi connectivity index (χ1v) is 20.6. The molecule has 0 radical (unpaired) electrons. The molecule has 286 valence electrons. The lowest BCUT2D eigenvalue weighted by Gasteiger charge is -2.17. The molecule has 0 N–H and O–H groups in total. The van der Waals surface area contributed by atoms with E-state index in [9.17, 15) is 10.5 Å². The lowest BCUT2D eigenvalue weighted by atomic mass is 10.0. The van der Waals surface area contributed by atoms with Gasteiger partial charge in [0.05, 0.1) is 55.4 Å². The highest BCUT2D eigenvalue weighted by Crippen LogP contribution is 2.44. The van der Waals surface area contributed by atoms with Gasteiger partial charge in [-0.15, -0.1) is 0 Å². The molecule has 6 heteroatoms. The van der Waals surface area contributed by atoms with Crippen molar-refractivity contribution < 1.29 is 4.42 Å². The lowest BCUT2D eigenvalue weighted by molar-refractivity contribution is 0.673. The number of fused-ring (bicyclic) bond motifs is 13. The van der Waals surface area contributed by atoms with Crippen molar-refractivity contribution >= 4 is 87.4 Å². The Labute approximate surface area is 354 Å². The normalized spacial score (nSPS) is 11.8. The highest BCUT2D eigenvalue weighted by atomic mass is 16.3. The van der Waals surface area contributed by atoms with Gasteiger partial charge in [-0.2, -0.15) is 10.5 Å². The minimum atomic E-state index is 0.397. The van der Waals surface area contributed by atoms with Crippen molar-refractivity contribution in [1.82, 2.24) is 13.7 Å². The van der Waals surface area contributed by atoms with E-state index >= 15 is 0 Å². The molecule has 0 spiro atoms. The average Bonchev–Trinajstić information content (AvgIpc) is 4.07. The largest absolute Gasteiger partial charge is 0.455 e. The second-order valence-corrected chi connectivity index (χ2v) is 15.9. The Balaban J connectivity index is 1.13. The first-order chi connectivity index (χ1) is 30.7. The second kappa shape index (κ2) is 12.8. The molecule has 0 amide bonds. The van der Waals surface area contributed by atoms with Gasteiger partial charge >= 0.3 is 0 Å². The molecule has 0 bridgehead atoms. The maximum absolute atomic E-state index is 11.4. The van der Waals surface area contributed by atoms with Gasteiger partial charge in [0.1, 0.15) is 28.9 Å². The minimum absolute atomic E-state index is 0.397. The topological polar surface area (TPSA) is 75.5 Å². The van der Waals surface area contributed by atoms with E-state index in [1.165, 1.54) is 10.8 Å². The molecular weight excluding hydrogens is 759 g/mol. The molecule has 62 heavy (non-hydrogen) atoms. The Bertz CT molecular complexity index is 4070. The molecule has 0 saturated heterocycles. The van der Waals surface area contributed by atoms with Crippen LogP contribution < -0.4 is 0 Å². The van der Waals surface area contributed by atoms with Crippen LogP contribution >= 0.6 is 0 Å². The maximum Gasteiger partial charge on any atom is 0.145 e. The lowest BCUT2D eigenvalue weighted by Crippen LogP contribution is -2.06. The zero-order valence-corrected chi connectivity index (χ0v) is 33.0. The van der Waals surface area contributed by atoms with Crippen molar-refractivity contribution in [3.8, 4) is 40.3 Å². The monoisotopic (exact) mass is 789 g/mol. The number of nitriles is 2. The van der Waals surface area contributed by atoms with Gasteiger partial charge in [-0.05, 0) is 90.0 Å². The average molecular weight is 790 g/mol. The van der Waals surface area contributed by atoms with E-state index in [1.807, 2.05) is 60.7 Å². The van der Waals surface area contributed by atoms with Crippen LogP contribution in [0.1, 0.15) is 11.1 Å². The zero-order valence-electron chi connectivity index (χ0n) is 33.0. The summed E-state index contributed by atoms with van der Waals surface area (Å²) in [6.07, 6.45) is 0. The molecule has 4 heterocycles. The Morgan fingerprint density at radius 1 is 0.387 bits per heavy atom. The zero-order chi connectivity index (χ0) is 41.1. The van der Waals surface area contributed by atoms with Gasteiger partial charge in [0.15, 0.2) is 0 Å². The molecule has 13 rings (SSSR count). The number of para-hydroxylation sites is 4. The smallest absolute Gasteiger partial charge is 0.145 e. The third kappa shape index (κ3) is 4.61. The van der Waals surface area contributed by atoms with E-state index < -0.39 is 0 Å². The number of nitrogens with zero attached hydrogens (tertiary/aromatic N) is 5. The molecule has 13 aromatic rings. The highest BCUT2D eigenvalue weighted by molar-refractivity contribution is 6.24. The summed E-state index contributed by atoms with van der Waals surface area (Å²) in [4.78, 5) is 0. The van der Waals surface area contributed by atoms with Gasteiger partial charge in [-0.1, -0.05) is 109 Å². The van der Waals surface area contributed by atoms with Crippen LogP contribution in [0.4, 0.5) is 0 Å². The molecule has 0 aliphatic rings. The Morgan fingerprint density at radius 2 is 0.984 bits per heavy atom. The molecule has 0 unspecified atom stereocenters. The second-order valence-electron chi connectivity index (χ2n) is 15.9. The third-order valence-corrected chi connectivity index (χ3v) is 12.7. The Kier molecular flexibility index (Phi) is 7.05. The summed E-state index contributed by atoms with van der Waals surface area (Å²) in [5, 5.41) is 30.7. The summed E-state index contributed by atoms with van der Waals surface area (Å²) in [6, 6.07) is 70.0. The molecular formula is C56H31N5O. The fourth-order valence-electron chi connectivity index (χ4n) is 10.1. The van der Waals surface area contributed by atoms with Gasteiger partial charge in [-0.25, -0.2) is 0 Å². The fraction of sp³-hybridized carbons (Fsp3) is 0. The van der Waals surface area contributed by atoms with E-state index in [2.05, 4.69) is 153 Å². The molecule has 0 fully saturated rings. The maximum atomic E-state index is 11.4. The standard InChI is InChI=1S/C56H31N5O/c57-32-36-23-27-51(45(33-58)55(36)61-48-20-10-6-16-40(48)43-30-35(22-26-49(43)61)34-12-2-1-3-13-34)60-50-28-24-37(59-46-18-8-4-14-38(46)39-15-5-9-19-47(39)59)31-44(50)54-52(60)29-25-42-41-17-7-11-21-53(41)62-56(42)54/h1-31H. The van der Waals surface area contributed by atoms with Crippen LogP contribution in [-0.4, -0.2) is 13.7 Å². The predicted molar refractivity (Wildman–Crippen MR) is 252 cm³/mol. The summed E-state index contributed by atoms with van der Waals surface area (Å²) in [5.74, 6) is 0. The number of hydrogen-bond acceptors (Lipinski definition) is 3. The van der Waals surface area contributed by atoms with Crippen LogP contribution in [0.3, 0.4) is 0 Å². The summed E-state index contributed by atoms with van der Waals surface area (Å²) in [5.41, 5.74) is 12.8. The number of rotatable bonds is 4. The molecule has 0 aliphatic heterocycles. The van der Waals surface area contributed by atoms with E-state index in [-0.39, 0.29) is 0 Å². The number of benzene rings is 9. The van der Waals surface area contributed by atoms with E-state index in [1.54, 1.807) is 0 Å². The SMILES string of the molecule is N#Cc1ccc(-n2c3ccc(-n4c5ccccc5c5ccccc54)cc3c3c4oc5ccccc5c4ccc32)c(C#N)c1-n1c2ccccc2c2cc(-c3ccccc3)ccc21. The van der Waals surface area contributed by atoms with Crippen molar-refractivity contribution in [3.63, 3.8) is 0 Å². The van der Waals surface area contributed by atoms with E-state index in [0.29, 0.717) is 22.5 Å². The van der Waals surface area contributed by atoms with E-state index in [4.69, 9.17) is 4.42 Å². The number of aromatic nitrogens is 3. The van der Waals surface area contributed by atoms with Crippen molar-refractivity contribution in [3.05, 3.63) is 199 Å². The van der Waals surface area contributed by atoms with Gasteiger partial charge in [-0.3, -0.25) is 0 Å². The van der Waals surface area contributed by atoms with Crippen LogP contribution in [0, 0.1) is 22.7 Å². The van der Waals surface area contributed by atoms with Crippen LogP contribution in [0.15, 0.2) is 192 Å². The summed E-state index contributed by atoms with van der Waals surface area (Å²) in [7, 11) is 0. The highest BCUT2D eigenvalue weighted by Gasteiger charge is 2.26. The number of furan rings is 1. The Hall–Kier alpha value is -8.84. The molecule has 4 aromatic heterocycles. The van der Waals surface area contributed by atoms with Crippen molar-refractivity contribution in [2.24, 2.45) is 0 Å². The minimum Gasteiger partial charge on any atom is -0.455 e. The van der Waals surface area contributed by atoms with Gasteiger partial charge in [0, 0.05) is 43.4 Å². The molecule has 9 aromatic carbocycles. The molecule has 0 atom stereocenters.